The molecular formula is C13H18N2O4S2. The molecule has 116 valence electrons. The second-order valence-electron chi connectivity index (χ2n) is 4.32. The molecule has 0 saturated carbocycles. The molecule has 0 saturated heterocycles. The minimum Gasteiger partial charge on any atom is -0.468 e. The SMILES string of the molecule is CCN(CC(=O)OC)S(=O)(=O)Cc1ccc(C(N)=S)cc1. The van der Waals surface area contributed by atoms with Crippen LogP contribution in [0, 0.1) is 0 Å². The molecule has 0 aliphatic carbocycles. The highest BCUT2D eigenvalue weighted by atomic mass is 32.2. The Morgan fingerprint density at radius 3 is 2.33 bits per heavy atom. The van der Waals surface area contributed by atoms with Crippen molar-refractivity contribution in [3.63, 3.8) is 0 Å². The fraction of sp³-hybridized carbons (Fsp3) is 0.385. The number of nitrogens with two attached hydrogens (primary N) is 1. The fourth-order valence-corrected chi connectivity index (χ4v) is 3.31. The zero-order chi connectivity index (χ0) is 16.0. The van der Waals surface area contributed by atoms with E-state index < -0.39 is 16.0 Å². The van der Waals surface area contributed by atoms with Gasteiger partial charge in [0.15, 0.2) is 0 Å². The zero-order valence-electron chi connectivity index (χ0n) is 11.9. The summed E-state index contributed by atoms with van der Waals surface area (Å²) in [5.41, 5.74) is 6.75. The van der Waals surface area contributed by atoms with E-state index in [1.165, 1.54) is 7.11 Å². The number of methoxy groups -OCH3 is 1. The number of ether oxygens (including phenoxy) is 1. The fourth-order valence-electron chi connectivity index (χ4n) is 1.68. The number of benzene rings is 1. The van der Waals surface area contributed by atoms with Crippen LogP contribution in [-0.2, 0) is 25.3 Å². The van der Waals surface area contributed by atoms with Crippen LogP contribution in [0.25, 0.3) is 0 Å². The lowest BCUT2D eigenvalue weighted by Crippen LogP contribution is -2.36. The van der Waals surface area contributed by atoms with Gasteiger partial charge in [-0.1, -0.05) is 43.4 Å². The Bertz CT molecular complexity index is 612. The number of nitrogens with zero attached hydrogens (tertiary/aromatic N) is 1. The lowest BCUT2D eigenvalue weighted by atomic mass is 10.1. The summed E-state index contributed by atoms with van der Waals surface area (Å²) >= 11 is 4.84. The van der Waals surface area contributed by atoms with Gasteiger partial charge in [-0.15, -0.1) is 0 Å². The van der Waals surface area contributed by atoms with Gasteiger partial charge >= 0.3 is 5.97 Å². The number of rotatable bonds is 7. The van der Waals surface area contributed by atoms with E-state index in [-0.39, 0.29) is 23.8 Å². The van der Waals surface area contributed by atoms with Crippen molar-refractivity contribution in [2.24, 2.45) is 5.73 Å². The summed E-state index contributed by atoms with van der Waals surface area (Å²) in [6.45, 7) is 1.57. The average Bonchev–Trinajstić information content (AvgIpc) is 2.44. The van der Waals surface area contributed by atoms with Crippen molar-refractivity contribution in [2.75, 3.05) is 20.2 Å². The molecule has 0 spiro atoms. The van der Waals surface area contributed by atoms with Gasteiger partial charge in [-0.05, 0) is 5.56 Å². The Hall–Kier alpha value is -1.51. The molecule has 0 aromatic heterocycles. The standard InChI is InChI=1S/C13H18N2O4S2/c1-3-15(8-12(16)19-2)21(17,18)9-10-4-6-11(7-5-10)13(14)20/h4-7H,3,8-9H2,1-2H3,(H2,14,20). The number of esters is 1. The predicted molar refractivity (Wildman–Crippen MR) is 84.2 cm³/mol. The number of carbonyl (C=O) groups is 1. The monoisotopic (exact) mass is 330 g/mol. The molecule has 1 rings (SSSR count). The van der Waals surface area contributed by atoms with Crippen LogP contribution in [-0.4, -0.2) is 43.9 Å². The molecule has 21 heavy (non-hydrogen) atoms. The van der Waals surface area contributed by atoms with Crippen LogP contribution in [0.15, 0.2) is 24.3 Å². The molecule has 0 bridgehead atoms. The van der Waals surface area contributed by atoms with Gasteiger partial charge in [0.25, 0.3) is 0 Å². The topological polar surface area (TPSA) is 89.7 Å². The molecule has 8 heteroatoms. The van der Waals surface area contributed by atoms with Crippen LogP contribution >= 0.6 is 12.2 Å². The van der Waals surface area contributed by atoms with Crippen molar-refractivity contribution in [1.82, 2.24) is 4.31 Å². The first kappa shape index (κ1) is 17.5. The van der Waals surface area contributed by atoms with Gasteiger partial charge in [-0.2, -0.15) is 4.31 Å². The van der Waals surface area contributed by atoms with Gasteiger partial charge < -0.3 is 10.5 Å². The zero-order valence-corrected chi connectivity index (χ0v) is 13.5. The number of likely N-dealkylation sites (N-methyl/N-ethyl adjacent to an activating group) is 1. The largest absolute Gasteiger partial charge is 0.468 e. The first-order chi connectivity index (χ1) is 9.80. The summed E-state index contributed by atoms with van der Waals surface area (Å²) in [4.78, 5) is 11.5. The Morgan fingerprint density at radius 1 is 1.33 bits per heavy atom. The van der Waals surface area contributed by atoms with Gasteiger partial charge in [0.05, 0.1) is 12.9 Å². The minimum absolute atomic E-state index is 0.197. The summed E-state index contributed by atoms with van der Waals surface area (Å²) in [6, 6.07) is 6.64. The number of carbonyl (C=O) groups excluding carboxylic acids is 1. The van der Waals surface area contributed by atoms with Crippen LogP contribution in [0.2, 0.25) is 0 Å². The van der Waals surface area contributed by atoms with Crippen molar-refractivity contribution < 1.29 is 17.9 Å². The van der Waals surface area contributed by atoms with Crippen LogP contribution < -0.4 is 5.73 Å². The van der Waals surface area contributed by atoms with Crippen molar-refractivity contribution in [1.29, 1.82) is 0 Å². The van der Waals surface area contributed by atoms with Gasteiger partial charge in [0.2, 0.25) is 10.0 Å². The van der Waals surface area contributed by atoms with Crippen LogP contribution in [0.4, 0.5) is 0 Å². The van der Waals surface area contributed by atoms with E-state index in [1.54, 1.807) is 31.2 Å². The Balaban J connectivity index is 2.87. The molecule has 0 unspecified atom stereocenters. The lowest BCUT2D eigenvalue weighted by molar-refractivity contribution is -0.140. The summed E-state index contributed by atoms with van der Waals surface area (Å²) < 4.78 is 30.1. The third-order valence-corrected chi connectivity index (χ3v) is 4.97. The highest BCUT2D eigenvalue weighted by Crippen LogP contribution is 2.12. The molecule has 1 aromatic rings. The Labute approximate surface area is 129 Å². The first-order valence-corrected chi connectivity index (χ1v) is 8.25. The van der Waals surface area contributed by atoms with E-state index >= 15 is 0 Å². The van der Waals surface area contributed by atoms with Gasteiger partial charge in [0.1, 0.15) is 11.5 Å². The van der Waals surface area contributed by atoms with E-state index in [1.807, 2.05) is 0 Å². The number of thiocarbonyl (C=S) groups is 1. The van der Waals surface area contributed by atoms with E-state index in [0.717, 1.165) is 4.31 Å². The molecular weight excluding hydrogens is 312 g/mol. The predicted octanol–water partition coefficient (Wildman–Crippen LogP) is 0.646. The lowest BCUT2D eigenvalue weighted by Gasteiger charge is -2.19. The molecule has 1 aromatic carbocycles. The number of hydrogen-bond donors (Lipinski definition) is 1. The Morgan fingerprint density at radius 2 is 1.90 bits per heavy atom. The maximum Gasteiger partial charge on any atom is 0.321 e. The maximum absolute atomic E-state index is 12.3. The molecule has 0 amide bonds. The number of sulfonamides is 1. The highest BCUT2D eigenvalue weighted by Gasteiger charge is 2.23. The van der Waals surface area contributed by atoms with Crippen LogP contribution in [0.1, 0.15) is 18.1 Å². The highest BCUT2D eigenvalue weighted by molar-refractivity contribution is 7.88. The molecule has 0 heterocycles. The summed E-state index contributed by atoms with van der Waals surface area (Å²) in [7, 11) is -2.38. The second kappa shape index (κ2) is 7.48. The summed E-state index contributed by atoms with van der Waals surface area (Å²) in [5, 5.41) is 0. The van der Waals surface area contributed by atoms with Gasteiger partial charge in [0, 0.05) is 12.1 Å². The summed E-state index contributed by atoms with van der Waals surface area (Å²) in [6.07, 6.45) is 0. The second-order valence-corrected chi connectivity index (χ2v) is 6.73. The number of hydrogen-bond acceptors (Lipinski definition) is 5. The van der Waals surface area contributed by atoms with E-state index in [4.69, 9.17) is 18.0 Å². The normalized spacial score (nSPS) is 11.4. The molecule has 2 N–H and O–H groups in total. The third kappa shape index (κ3) is 5.07. The molecule has 0 aliphatic rings. The maximum atomic E-state index is 12.3. The molecule has 0 atom stereocenters. The Kier molecular flexibility index (Phi) is 6.25. The summed E-state index contributed by atoms with van der Waals surface area (Å²) in [5.74, 6) is -0.792. The third-order valence-electron chi connectivity index (χ3n) is 2.87. The molecule has 0 radical (unpaired) electrons. The van der Waals surface area contributed by atoms with E-state index in [2.05, 4.69) is 4.74 Å². The van der Waals surface area contributed by atoms with Crippen LogP contribution in [0.5, 0.6) is 0 Å². The van der Waals surface area contributed by atoms with Crippen molar-refractivity contribution >= 4 is 33.2 Å². The average molecular weight is 330 g/mol. The van der Waals surface area contributed by atoms with Crippen molar-refractivity contribution in [2.45, 2.75) is 12.7 Å². The van der Waals surface area contributed by atoms with E-state index in [0.29, 0.717) is 11.1 Å². The van der Waals surface area contributed by atoms with E-state index in [9.17, 15) is 13.2 Å². The first-order valence-electron chi connectivity index (χ1n) is 6.23. The van der Waals surface area contributed by atoms with Crippen molar-refractivity contribution in [3.05, 3.63) is 35.4 Å². The quantitative estimate of drug-likeness (QED) is 0.583. The molecule has 6 nitrogen and oxygen atoms in total. The van der Waals surface area contributed by atoms with Gasteiger partial charge in [-0.25, -0.2) is 8.42 Å². The minimum atomic E-state index is -3.60. The van der Waals surface area contributed by atoms with Gasteiger partial charge in [-0.3, -0.25) is 4.79 Å². The van der Waals surface area contributed by atoms with Crippen LogP contribution in [0.3, 0.4) is 0 Å². The smallest absolute Gasteiger partial charge is 0.321 e. The molecule has 0 aliphatic heterocycles. The molecule has 0 fully saturated rings. The van der Waals surface area contributed by atoms with Crippen molar-refractivity contribution in [3.8, 4) is 0 Å².